The zero-order chi connectivity index (χ0) is 18.0. The van der Waals surface area contributed by atoms with Crippen molar-refractivity contribution in [3.05, 3.63) is 74.6 Å². The average molecular weight is 356 g/mol. The Morgan fingerprint density at radius 3 is 2.84 bits per heavy atom. The number of nitrogens with one attached hydrogen (secondary N) is 1. The Kier molecular flexibility index (Phi) is 4.78. The van der Waals surface area contributed by atoms with Crippen molar-refractivity contribution >= 4 is 33.0 Å². The SMILES string of the molecule is Cc1ccc(C(=O)NCC(O)c2csc3ccccc23)cc1[N+](=O)[O-]. The van der Waals surface area contributed by atoms with Crippen molar-refractivity contribution in [1.29, 1.82) is 0 Å². The van der Waals surface area contributed by atoms with Crippen LogP contribution < -0.4 is 5.32 Å². The monoisotopic (exact) mass is 356 g/mol. The van der Waals surface area contributed by atoms with Crippen LogP contribution >= 0.6 is 11.3 Å². The molecule has 25 heavy (non-hydrogen) atoms. The first-order valence-corrected chi connectivity index (χ1v) is 8.53. The predicted molar refractivity (Wildman–Crippen MR) is 97.0 cm³/mol. The second-order valence-corrected chi connectivity index (χ2v) is 6.58. The minimum absolute atomic E-state index is 0.0290. The Hall–Kier alpha value is -2.77. The molecule has 0 fully saturated rings. The van der Waals surface area contributed by atoms with Crippen molar-refractivity contribution < 1.29 is 14.8 Å². The molecule has 1 amide bonds. The van der Waals surface area contributed by atoms with E-state index in [-0.39, 0.29) is 17.8 Å². The smallest absolute Gasteiger partial charge is 0.273 e. The molecular weight excluding hydrogens is 340 g/mol. The van der Waals surface area contributed by atoms with Gasteiger partial charge >= 0.3 is 0 Å². The van der Waals surface area contributed by atoms with Crippen molar-refractivity contribution in [2.75, 3.05) is 6.54 Å². The van der Waals surface area contributed by atoms with E-state index >= 15 is 0 Å². The maximum atomic E-state index is 12.2. The van der Waals surface area contributed by atoms with Crippen molar-refractivity contribution in [3.63, 3.8) is 0 Å². The van der Waals surface area contributed by atoms with Gasteiger partial charge in [-0.15, -0.1) is 11.3 Å². The topological polar surface area (TPSA) is 92.5 Å². The number of amides is 1. The molecule has 128 valence electrons. The zero-order valence-electron chi connectivity index (χ0n) is 13.4. The number of fused-ring (bicyclic) bond motifs is 1. The van der Waals surface area contributed by atoms with Gasteiger partial charge < -0.3 is 10.4 Å². The quantitative estimate of drug-likeness (QED) is 0.540. The summed E-state index contributed by atoms with van der Waals surface area (Å²) in [4.78, 5) is 22.7. The molecule has 0 bridgehead atoms. The van der Waals surface area contributed by atoms with Crippen LogP contribution in [-0.4, -0.2) is 22.5 Å². The predicted octanol–water partition coefficient (Wildman–Crippen LogP) is 3.58. The first kappa shape index (κ1) is 17.1. The lowest BCUT2D eigenvalue weighted by atomic mass is 10.1. The van der Waals surface area contributed by atoms with Crippen LogP contribution in [0.1, 0.15) is 27.6 Å². The van der Waals surface area contributed by atoms with E-state index in [1.165, 1.54) is 29.5 Å². The second-order valence-electron chi connectivity index (χ2n) is 5.67. The van der Waals surface area contributed by atoms with Gasteiger partial charge in [0.2, 0.25) is 0 Å². The van der Waals surface area contributed by atoms with Crippen molar-refractivity contribution in [2.24, 2.45) is 0 Å². The van der Waals surface area contributed by atoms with E-state index in [1.807, 2.05) is 29.6 Å². The Morgan fingerprint density at radius 1 is 1.32 bits per heavy atom. The lowest BCUT2D eigenvalue weighted by Crippen LogP contribution is -2.28. The summed E-state index contributed by atoms with van der Waals surface area (Å²) in [5, 5.41) is 26.8. The van der Waals surface area contributed by atoms with Gasteiger partial charge in [0.25, 0.3) is 11.6 Å². The highest BCUT2D eigenvalue weighted by Gasteiger charge is 2.17. The number of carbonyl (C=O) groups is 1. The standard InChI is InChI=1S/C18H16N2O4S/c1-11-6-7-12(8-15(11)20(23)24)18(22)19-9-16(21)14-10-25-17-5-3-2-4-13(14)17/h2-8,10,16,21H,9H2,1H3,(H,19,22). The fourth-order valence-electron chi connectivity index (χ4n) is 2.61. The first-order chi connectivity index (χ1) is 12.0. The van der Waals surface area contributed by atoms with Crippen LogP contribution in [0.2, 0.25) is 0 Å². The highest BCUT2D eigenvalue weighted by molar-refractivity contribution is 7.17. The van der Waals surface area contributed by atoms with Crippen LogP contribution in [0, 0.1) is 17.0 Å². The fourth-order valence-corrected chi connectivity index (χ4v) is 3.61. The molecule has 2 N–H and O–H groups in total. The van der Waals surface area contributed by atoms with Crippen LogP contribution in [0.15, 0.2) is 47.8 Å². The maximum absolute atomic E-state index is 12.2. The summed E-state index contributed by atoms with van der Waals surface area (Å²) in [6.45, 7) is 1.65. The van der Waals surface area contributed by atoms with E-state index < -0.39 is 16.9 Å². The molecule has 6 nitrogen and oxygen atoms in total. The molecule has 1 unspecified atom stereocenters. The van der Waals surface area contributed by atoms with Crippen LogP contribution in [0.4, 0.5) is 5.69 Å². The number of carbonyl (C=O) groups excluding carboxylic acids is 1. The van der Waals surface area contributed by atoms with Gasteiger partial charge in [-0.05, 0) is 29.8 Å². The Bertz CT molecular complexity index is 951. The van der Waals surface area contributed by atoms with Crippen LogP contribution in [0.3, 0.4) is 0 Å². The first-order valence-electron chi connectivity index (χ1n) is 7.65. The summed E-state index contributed by atoms with van der Waals surface area (Å²) >= 11 is 1.53. The van der Waals surface area contributed by atoms with Crippen molar-refractivity contribution in [3.8, 4) is 0 Å². The second kappa shape index (κ2) is 7.00. The molecule has 7 heteroatoms. The summed E-state index contributed by atoms with van der Waals surface area (Å²) in [5.74, 6) is -0.457. The average Bonchev–Trinajstić information content (AvgIpc) is 3.03. The Labute approximate surface area is 147 Å². The van der Waals surface area contributed by atoms with Gasteiger partial charge in [-0.25, -0.2) is 0 Å². The Balaban J connectivity index is 1.72. The number of aliphatic hydroxyl groups is 1. The van der Waals surface area contributed by atoms with Crippen LogP contribution in [-0.2, 0) is 0 Å². The number of nitrogens with zero attached hydrogens (tertiary/aromatic N) is 1. The third kappa shape index (κ3) is 3.52. The molecule has 3 rings (SSSR count). The van der Waals surface area contributed by atoms with E-state index in [4.69, 9.17) is 0 Å². The van der Waals surface area contributed by atoms with Gasteiger partial charge in [0.05, 0.1) is 11.0 Å². The number of rotatable bonds is 5. The number of nitro benzene ring substituents is 1. The summed E-state index contributed by atoms with van der Waals surface area (Å²) in [6, 6.07) is 12.0. The molecular formula is C18H16N2O4S. The number of benzene rings is 2. The molecule has 1 aromatic heterocycles. The Morgan fingerprint density at radius 2 is 2.08 bits per heavy atom. The van der Waals surface area contributed by atoms with E-state index in [1.54, 1.807) is 6.92 Å². The summed E-state index contributed by atoms with van der Waals surface area (Å²) < 4.78 is 1.07. The van der Waals surface area contributed by atoms with Crippen LogP contribution in [0.25, 0.3) is 10.1 Å². The van der Waals surface area contributed by atoms with Crippen LogP contribution in [0.5, 0.6) is 0 Å². The summed E-state index contributed by atoms with van der Waals surface area (Å²) in [5.41, 5.74) is 1.35. The summed E-state index contributed by atoms with van der Waals surface area (Å²) in [6.07, 6.45) is -0.847. The third-order valence-electron chi connectivity index (χ3n) is 3.99. The molecule has 2 aromatic carbocycles. The summed E-state index contributed by atoms with van der Waals surface area (Å²) in [7, 11) is 0. The van der Waals surface area contributed by atoms with E-state index in [2.05, 4.69) is 5.32 Å². The number of aryl methyl sites for hydroxylation is 1. The number of hydrogen-bond donors (Lipinski definition) is 2. The highest BCUT2D eigenvalue weighted by atomic mass is 32.1. The van der Waals surface area contributed by atoms with Gasteiger partial charge in [0.15, 0.2) is 0 Å². The zero-order valence-corrected chi connectivity index (χ0v) is 14.2. The molecule has 0 aliphatic carbocycles. The molecule has 0 spiro atoms. The molecule has 3 aromatic rings. The van der Waals surface area contributed by atoms with Gasteiger partial charge in [0.1, 0.15) is 0 Å². The minimum atomic E-state index is -0.847. The molecule has 0 aliphatic heterocycles. The number of hydrogen-bond acceptors (Lipinski definition) is 5. The van der Waals surface area contributed by atoms with Gasteiger partial charge in [-0.1, -0.05) is 24.3 Å². The normalized spacial score (nSPS) is 12.1. The molecule has 0 saturated carbocycles. The van der Waals surface area contributed by atoms with Gasteiger partial charge in [-0.2, -0.15) is 0 Å². The lowest BCUT2D eigenvalue weighted by molar-refractivity contribution is -0.385. The molecule has 0 radical (unpaired) electrons. The van der Waals surface area contributed by atoms with Crippen molar-refractivity contribution in [2.45, 2.75) is 13.0 Å². The molecule has 0 aliphatic rings. The number of nitro groups is 1. The molecule has 1 heterocycles. The van der Waals surface area contributed by atoms with E-state index in [9.17, 15) is 20.0 Å². The highest BCUT2D eigenvalue weighted by Crippen LogP contribution is 2.30. The van der Waals surface area contributed by atoms with E-state index in [0.717, 1.165) is 15.6 Å². The molecule has 1 atom stereocenters. The van der Waals surface area contributed by atoms with E-state index in [0.29, 0.717) is 5.56 Å². The number of aliphatic hydroxyl groups excluding tert-OH is 1. The maximum Gasteiger partial charge on any atom is 0.273 e. The fraction of sp³-hybridized carbons (Fsp3) is 0.167. The van der Waals surface area contributed by atoms with Gasteiger partial charge in [0, 0.05) is 34.0 Å². The minimum Gasteiger partial charge on any atom is -0.387 e. The third-order valence-corrected chi connectivity index (χ3v) is 4.98. The lowest BCUT2D eigenvalue weighted by Gasteiger charge is -2.12. The number of thiophene rings is 1. The largest absolute Gasteiger partial charge is 0.387 e. The molecule has 0 saturated heterocycles. The van der Waals surface area contributed by atoms with Gasteiger partial charge in [-0.3, -0.25) is 14.9 Å². The van der Waals surface area contributed by atoms with Crippen molar-refractivity contribution in [1.82, 2.24) is 5.32 Å².